The minimum Gasteiger partial charge on any atom is -0.384 e. The number of nitrogens with zero attached hydrogens (tertiary/aromatic N) is 1. The van der Waals surface area contributed by atoms with Crippen LogP contribution >= 0.6 is 0 Å². The first-order valence-electron chi connectivity index (χ1n) is 5.44. The van der Waals surface area contributed by atoms with Gasteiger partial charge in [0.15, 0.2) is 0 Å². The molecule has 0 saturated carbocycles. The first kappa shape index (κ1) is 10.2. The van der Waals surface area contributed by atoms with Crippen LogP contribution in [0.4, 0.5) is 0 Å². The summed E-state index contributed by atoms with van der Waals surface area (Å²) < 4.78 is 0. The number of nitriles is 1. The zero-order valence-electron chi connectivity index (χ0n) is 8.74. The molecule has 0 spiro atoms. The molecule has 0 radical (unpaired) electrons. The Balaban J connectivity index is 2.46. The van der Waals surface area contributed by atoms with Crippen LogP contribution in [0, 0.1) is 11.3 Å². The predicted octanol–water partition coefficient (Wildman–Crippen LogP) is 2.51. The molecule has 1 aromatic carbocycles. The van der Waals surface area contributed by atoms with Crippen LogP contribution < -0.4 is 0 Å². The average Bonchev–Trinajstić information content (AvgIpc) is 2.40. The van der Waals surface area contributed by atoms with Gasteiger partial charge >= 0.3 is 0 Å². The maximum absolute atomic E-state index is 10.5. The Hall–Kier alpha value is -1.33. The molecule has 1 aromatic rings. The van der Waals surface area contributed by atoms with E-state index in [0.29, 0.717) is 6.42 Å². The summed E-state index contributed by atoms with van der Waals surface area (Å²) in [6, 6.07) is 10.0. The lowest BCUT2D eigenvalue weighted by Gasteiger charge is -2.26. The first-order valence-corrected chi connectivity index (χ1v) is 5.44. The van der Waals surface area contributed by atoms with E-state index in [4.69, 9.17) is 5.26 Å². The van der Waals surface area contributed by atoms with Crippen LogP contribution in [0.15, 0.2) is 24.3 Å². The van der Waals surface area contributed by atoms with Gasteiger partial charge in [-0.25, -0.2) is 0 Å². The Kier molecular flexibility index (Phi) is 2.75. The lowest BCUT2D eigenvalue weighted by molar-refractivity contribution is 0.0317. The highest BCUT2D eigenvalue weighted by atomic mass is 16.3. The van der Waals surface area contributed by atoms with Gasteiger partial charge in [-0.2, -0.15) is 5.26 Å². The van der Waals surface area contributed by atoms with Gasteiger partial charge in [0.2, 0.25) is 0 Å². The van der Waals surface area contributed by atoms with E-state index in [1.54, 1.807) is 0 Å². The summed E-state index contributed by atoms with van der Waals surface area (Å²) in [5, 5.41) is 19.3. The highest BCUT2D eigenvalue weighted by molar-refractivity contribution is 5.34. The Morgan fingerprint density at radius 1 is 1.33 bits per heavy atom. The van der Waals surface area contributed by atoms with Crippen LogP contribution in [0.1, 0.15) is 36.8 Å². The van der Waals surface area contributed by atoms with Gasteiger partial charge in [-0.1, -0.05) is 24.3 Å². The summed E-state index contributed by atoms with van der Waals surface area (Å²) in [6.07, 6.45) is 4.02. The quantitative estimate of drug-likeness (QED) is 0.709. The van der Waals surface area contributed by atoms with E-state index in [2.05, 4.69) is 12.1 Å². The van der Waals surface area contributed by atoms with Crippen molar-refractivity contribution >= 4 is 0 Å². The molecule has 0 saturated heterocycles. The first-order chi connectivity index (χ1) is 7.26. The molecule has 2 heteroatoms. The van der Waals surface area contributed by atoms with Crippen molar-refractivity contribution in [2.45, 2.75) is 37.7 Å². The summed E-state index contributed by atoms with van der Waals surface area (Å²) in [5.74, 6) is 0. The summed E-state index contributed by atoms with van der Waals surface area (Å²) in [5.41, 5.74) is 1.25. The molecule has 0 aliphatic heterocycles. The highest BCUT2D eigenvalue weighted by Crippen LogP contribution is 2.36. The molecule has 1 unspecified atom stereocenters. The zero-order chi connectivity index (χ0) is 10.7. The Bertz CT molecular complexity index is 394. The van der Waals surface area contributed by atoms with Gasteiger partial charge in [-0.15, -0.1) is 0 Å². The molecule has 1 aliphatic carbocycles. The fourth-order valence-electron chi connectivity index (χ4n) is 2.37. The summed E-state index contributed by atoms with van der Waals surface area (Å²) in [4.78, 5) is 0. The van der Waals surface area contributed by atoms with Gasteiger partial charge in [-0.3, -0.25) is 0 Å². The summed E-state index contributed by atoms with van der Waals surface area (Å²) in [7, 11) is 0. The third-order valence-corrected chi connectivity index (χ3v) is 3.18. The fourth-order valence-corrected chi connectivity index (χ4v) is 2.37. The van der Waals surface area contributed by atoms with E-state index in [1.807, 2.05) is 18.2 Å². The van der Waals surface area contributed by atoms with Gasteiger partial charge in [0.25, 0.3) is 0 Å². The number of rotatable bonds is 1. The third kappa shape index (κ3) is 1.88. The van der Waals surface area contributed by atoms with Crippen LogP contribution in [0.2, 0.25) is 0 Å². The molecule has 1 atom stereocenters. The topological polar surface area (TPSA) is 44.0 Å². The van der Waals surface area contributed by atoms with Crippen molar-refractivity contribution in [3.05, 3.63) is 35.4 Å². The van der Waals surface area contributed by atoms with Crippen molar-refractivity contribution in [3.63, 3.8) is 0 Å². The number of hydrogen-bond acceptors (Lipinski definition) is 2. The second-order valence-electron chi connectivity index (χ2n) is 4.23. The van der Waals surface area contributed by atoms with Gasteiger partial charge in [0, 0.05) is 0 Å². The molecule has 0 amide bonds. The average molecular weight is 201 g/mol. The zero-order valence-corrected chi connectivity index (χ0v) is 8.74. The number of aliphatic hydroxyl groups is 1. The van der Waals surface area contributed by atoms with E-state index >= 15 is 0 Å². The molecule has 0 aromatic heterocycles. The lowest BCUT2D eigenvalue weighted by Crippen LogP contribution is -2.25. The standard InChI is InChI=1S/C13H15NO/c14-10-9-13(15)8-4-3-6-11-5-1-2-7-12(11)13/h1-2,5,7,15H,3-4,6,8-9H2. The highest BCUT2D eigenvalue weighted by Gasteiger charge is 2.32. The van der Waals surface area contributed by atoms with Crippen molar-refractivity contribution in [1.82, 2.24) is 0 Å². The largest absolute Gasteiger partial charge is 0.384 e. The van der Waals surface area contributed by atoms with E-state index in [9.17, 15) is 5.11 Å². The molecule has 0 fully saturated rings. The molecule has 0 bridgehead atoms. The van der Waals surface area contributed by atoms with Crippen LogP contribution in [0.3, 0.4) is 0 Å². The molecule has 78 valence electrons. The summed E-state index contributed by atoms with van der Waals surface area (Å²) in [6.45, 7) is 0. The number of aryl methyl sites for hydroxylation is 1. The minimum absolute atomic E-state index is 0.198. The maximum atomic E-state index is 10.5. The molecule has 2 rings (SSSR count). The second kappa shape index (κ2) is 4.04. The second-order valence-corrected chi connectivity index (χ2v) is 4.23. The normalized spacial score (nSPS) is 25.1. The minimum atomic E-state index is -0.915. The van der Waals surface area contributed by atoms with Crippen LogP contribution in [-0.4, -0.2) is 5.11 Å². The molecule has 0 heterocycles. The molecular formula is C13H15NO. The monoisotopic (exact) mass is 201 g/mol. The number of benzene rings is 1. The molecular weight excluding hydrogens is 186 g/mol. The van der Waals surface area contributed by atoms with E-state index < -0.39 is 5.60 Å². The van der Waals surface area contributed by atoms with E-state index in [1.165, 1.54) is 5.56 Å². The smallest absolute Gasteiger partial charge is 0.103 e. The molecule has 15 heavy (non-hydrogen) atoms. The Morgan fingerprint density at radius 2 is 2.13 bits per heavy atom. The lowest BCUT2D eigenvalue weighted by atomic mass is 9.86. The van der Waals surface area contributed by atoms with Crippen LogP contribution in [0.25, 0.3) is 0 Å². The third-order valence-electron chi connectivity index (χ3n) is 3.18. The van der Waals surface area contributed by atoms with Gasteiger partial charge in [0.1, 0.15) is 5.60 Å². The molecule has 1 N–H and O–H groups in total. The van der Waals surface area contributed by atoms with Gasteiger partial charge < -0.3 is 5.11 Å². The van der Waals surface area contributed by atoms with Crippen molar-refractivity contribution in [1.29, 1.82) is 5.26 Å². The van der Waals surface area contributed by atoms with Crippen molar-refractivity contribution in [2.75, 3.05) is 0 Å². The van der Waals surface area contributed by atoms with Gasteiger partial charge in [0.05, 0.1) is 12.5 Å². The summed E-state index contributed by atoms with van der Waals surface area (Å²) >= 11 is 0. The number of fused-ring (bicyclic) bond motifs is 1. The van der Waals surface area contributed by atoms with E-state index in [0.717, 1.165) is 24.8 Å². The van der Waals surface area contributed by atoms with Gasteiger partial charge in [-0.05, 0) is 36.8 Å². The maximum Gasteiger partial charge on any atom is 0.103 e. The number of hydrogen-bond donors (Lipinski definition) is 1. The van der Waals surface area contributed by atoms with E-state index in [-0.39, 0.29) is 6.42 Å². The van der Waals surface area contributed by atoms with Crippen molar-refractivity contribution in [2.24, 2.45) is 0 Å². The molecule has 1 aliphatic rings. The molecule has 2 nitrogen and oxygen atoms in total. The Morgan fingerprint density at radius 3 is 2.93 bits per heavy atom. The van der Waals surface area contributed by atoms with Crippen molar-refractivity contribution < 1.29 is 5.11 Å². The van der Waals surface area contributed by atoms with Crippen LogP contribution in [0.5, 0.6) is 0 Å². The van der Waals surface area contributed by atoms with Crippen molar-refractivity contribution in [3.8, 4) is 6.07 Å². The predicted molar refractivity (Wildman–Crippen MR) is 58.1 cm³/mol. The van der Waals surface area contributed by atoms with Crippen LogP contribution in [-0.2, 0) is 12.0 Å². The Labute approximate surface area is 90.2 Å². The fraction of sp³-hybridized carbons (Fsp3) is 0.462. The SMILES string of the molecule is N#CCC1(O)CCCCc2ccccc21.